The summed E-state index contributed by atoms with van der Waals surface area (Å²) in [6.45, 7) is 7.69. The van der Waals surface area contributed by atoms with Gasteiger partial charge in [-0.3, -0.25) is 4.90 Å². The van der Waals surface area contributed by atoms with Gasteiger partial charge >= 0.3 is 0 Å². The van der Waals surface area contributed by atoms with Gasteiger partial charge in [0.2, 0.25) is 0 Å². The van der Waals surface area contributed by atoms with Gasteiger partial charge in [0.05, 0.1) is 6.61 Å². The molecule has 2 unspecified atom stereocenters. The van der Waals surface area contributed by atoms with Crippen molar-refractivity contribution in [1.82, 2.24) is 10.2 Å². The highest BCUT2D eigenvalue weighted by Gasteiger charge is 2.30. The molecule has 2 aliphatic heterocycles. The Balaban J connectivity index is 1.92. The summed E-state index contributed by atoms with van der Waals surface area (Å²) in [5.74, 6) is 0. The molecule has 2 fully saturated rings. The predicted molar refractivity (Wildman–Crippen MR) is 66.7 cm³/mol. The Bertz CT molecular complexity index is 188. The van der Waals surface area contributed by atoms with E-state index in [4.69, 9.17) is 4.74 Å². The van der Waals surface area contributed by atoms with Crippen molar-refractivity contribution in [2.45, 2.75) is 51.1 Å². The summed E-state index contributed by atoms with van der Waals surface area (Å²) in [5, 5.41) is 3.63. The summed E-state index contributed by atoms with van der Waals surface area (Å²) in [5.41, 5.74) is 0. The number of likely N-dealkylation sites (N-methyl/N-ethyl adjacent to an activating group) is 1. The fourth-order valence-electron chi connectivity index (χ4n) is 3.01. The van der Waals surface area contributed by atoms with Gasteiger partial charge in [-0.1, -0.05) is 19.8 Å². The zero-order chi connectivity index (χ0) is 11.2. The number of likely N-dealkylation sites (tertiary alicyclic amines) is 1. The van der Waals surface area contributed by atoms with Crippen molar-refractivity contribution in [1.29, 1.82) is 0 Å². The van der Waals surface area contributed by atoms with Gasteiger partial charge in [-0.25, -0.2) is 0 Å². The van der Waals surface area contributed by atoms with Crippen LogP contribution in [0.3, 0.4) is 0 Å². The van der Waals surface area contributed by atoms with Gasteiger partial charge in [0.1, 0.15) is 0 Å². The van der Waals surface area contributed by atoms with E-state index in [2.05, 4.69) is 17.1 Å². The minimum Gasteiger partial charge on any atom is -0.380 e. The highest BCUT2D eigenvalue weighted by molar-refractivity contribution is 4.87. The van der Waals surface area contributed by atoms with Gasteiger partial charge < -0.3 is 10.1 Å². The maximum atomic E-state index is 5.67. The number of hydrogen-bond donors (Lipinski definition) is 1. The maximum Gasteiger partial charge on any atom is 0.0637 e. The van der Waals surface area contributed by atoms with E-state index in [1.807, 2.05) is 0 Å². The van der Waals surface area contributed by atoms with Crippen LogP contribution in [0.1, 0.15) is 39.0 Å². The fourth-order valence-corrected chi connectivity index (χ4v) is 3.01. The smallest absolute Gasteiger partial charge is 0.0637 e. The summed E-state index contributed by atoms with van der Waals surface area (Å²) in [7, 11) is 0. The molecule has 0 bridgehead atoms. The van der Waals surface area contributed by atoms with Crippen molar-refractivity contribution in [3.05, 3.63) is 0 Å². The van der Waals surface area contributed by atoms with E-state index >= 15 is 0 Å². The zero-order valence-electron chi connectivity index (χ0n) is 10.6. The van der Waals surface area contributed by atoms with E-state index in [1.165, 1.54) is 45.2 Å². The monoisotopic (exact) mass is 226 g/mol. The zero-order valence-corrected chi connectivity index (χ0v) is 10.6. The molecule has 0 aromatic carbocycles. The van der Waals surface area contributed by atoms with Crippen molar-refractivity contribution in [3.63, 3.8) is 0 Å². The molecule has 2 atom stereocenters. The molecule has 0 saturated carbocycles. The lowest BCUT2D eigenvalue weighted by atomic mass is 10.0. The molecule has 0 radical (unpaired) electrons. The molecule has 1 N–H and O–H groups in total. The van der Waals surface area contributed by atoms with E-state index in [0.717, 1.165) is 19.8 Å². The van der Waals surface area contributed by atoms with Gasteiger partial charge in [0.15, 0.2) is 0 Å². The Hall–Kier alpha value is -0.120. The van der Waals surface area contributed by atoms with Crippen LogP contribution in [0.15, 0.2) is 0 Å². The largest absolute Gasteiger partial charge is 0.380 e. The summed E-state index contributed by atoms with van der Waals surface area (Å²) >= 11 is 0. The van der Waals surface area contributed by atoms with E-state index in [1.54, 1.807) is 0 Å². The third-order valence-electron chi connectivity index (χ3n) is 3.90. The average Bonchev–Trinajstić information content (AvgIpc) is 2.59. The molecule has 16 heavy (non-hydrogen) atoms. The van der Waals surface area contributed by atoms with Gasteiger partial charge in [-0.15, -0.1) is 0 Å². The second kappa shape index (κ2) is 6.58. The van der Waals surface area contributed by atoms with Gasteiger partial charge in [0.25, 0.3) is 0 Å². The molecule has 0 aromatic heterocycles. The van der Waals surface area contributed by atoms with Gasteiger partial charge in [0, 0.05) is 18.7 Å². The summed E-state index contributed by atoms with van der Waals surface area (Å²) < 4.78 is 5.67. The van der Waals surface area contributed by atoms with Crippen molar-refractivity contribution < 1.29 is 4.74 Å². The van der Waals surface area contributed by atoms with Gasteiger partial charge in [-0.2, -0.15) is 0 Å². The van der Waals surface area contributed by atoms with Crippen molar-refractivity contribution >= 4 is 0 Å². The van der Waals surface area contributed by atoms with Crippen LogP contribution in [-0.2, 0) is 4.74 Å². The van der Waals surface area contributed by atoms with E-state index in [-0.39, 0.29) is 0 Å². The number of hydrogen-bond acceptors (Lipinski definition) is 3. The van der Waals surface area contributed by atoms with Crippen LogP contribution in [-0.4, -0.2) is 49.8 Å². The minimum absolute atomic E-state index is 0.617. The third-order valence-corrected chi connectivity index (χ3v) is 3.90. The molecule has 0 spiro atoms. The lowest BCUT2D eigenvalue weighted by Gasteiger charge is -2.39. The molecular formula is C13H26N2O. The first-order chi connectivity index (χ1) is 7.92. The molecule has 0 aromatic rings. The molecule has 94 valence electrons. The molecule has 3 nitrogen and oxygen atoms in total. The van der Waals surface area contributed by atoms with Crippen LogP contribution in [0.25, 0.3) is 0 Å². The Labute approximate surface area is 99.5 Å². The molecule has 2 aliphatic rings. The molecule has 2 saturated heterocycles. The first-order valence-electron chi connectivity index (χ1n) is 6.97. The van der Waals surface area contributed by atoms with Crippen LogP contribution in [0, 0.1) is 0 Å². The lowest BCUT2D eigenvalue weighted by Crippen LogP contribution is -2.55. The van der Waals surface area contributed by atoms with Crippen LogP contribution < -0.4 is 5.32 Å². The Morgan fingerprint density at radius 3 is 2.62 bits per heavy atom. The quantitative estimate of drug-likeness (QED) is 0.791. The topological polar surface area (TPSA) is 24.5 Å². The van der Waals surface area contributed by atoms with Crippen LogP contribution in [0.5, 0.6) is 0 Å². The van der Waals surface area contributed by atoms with E-state index < -0.39 is 0 Å². The first-order valence-corrected chi connectivity index (χ1v) is 6.97. The Kier molecular flexibility index (Phi) is 5.07. The second-order valence-corrected chi connectivity index (χ2v) is 5.05. The van der Waals surface area contributed by atoms with Crippen molar-refractivity contribution in [3.8, 4) is 0 Å². The molecule has 3 heteroatoms. The van der Waals surface area contributed by atoms with Crippen LogP contribution in [0.2, 0.25) is 0 Å². The highest BCUT2D eigenvalue weighted by atomic mass is 16.5. The van der Waals surface area contributed by atoms with E-state index in [0.29, 0.717) is 12.1 Å². The second-order valence-electron chi connectivity index (χ2n) is 5.05. The summed E-state index contributed by atoms with van der Waals surface area (Å²) in [4.78, 5) is 2.67. The number of ether oxygens (including phenoxy) is 1. The van der Waals surface area contributed by atoms with Crippen LogP contribution in [0.4, 0.5) is 0 Å². The fraction of sp³-hybridized carbons (Fsp3) is 1.00. The Morgan fingerprint density at radius 1 is 1.19 bits per heavy atom. The highest BCUT2D eigenvalue weighted by Crippen LogP contribution is 2.19. The molecule has 0 amide bonds. The SMILES string of the molecule is CCNC1CCOCC1N1CCCCCC1. The Morgan fingerprint density at radius 2 is 1.94 bits per heavy atom. The third kappa shape index (κ3) is 3.19. The number of nitrogens with zero attached hydrogens (tertiary/aromatic N) is 1. The predicted octanol–water partition coefficient (Wildman–Crippen LogP) is 1.63. The maximum absolute atomic E-state index is 5.67. The summed E-state index contributed by atoms with van der Waals surface area (Å²) in [6.07, 6.45) is 6.74. The molecular weight excluding hydrogens is 200 g/mol. The molecule has 0 aliphatic carbocycles. The molecule has 2 rings (SSSR count). The van der Waals surface area contributed by atoms with Crippen LogP contribution >= 0.6 is 0 Å². The van der Waals surface area contributed by atoms with Crippen molar-refractivity contribution in [2.24, 2.45) is 0 Å². The van der Waals surface area contributed by atoms with E-state index in [9.17, 15) is 0 Å². The summed E-state index contributed by atoms with van der Waals surface area (Å²) in [6, 6.07) is 1.27. The minimum atomic E-state index is 0.617. The molecule has 2 heterocycles. The first kappa shape index (κ1) is 12.3. The number of rotatable bonds is 3. The number of nitrogens with one attached hydrogen (secondary N) is 1. The lowest BCUT2D eigenvalue weighted by molar-refractivity contribution is -0.00166. The standard InChI is InChI=1S/C13H26N2O/c1-2-14-12-7-10-16-11-13(12)15-8-5-3-4-6-9-15/h12-14H,2-11H2,1H3. The van der Waals surface area contributed by atoms with Gasteiger partial charge in [-0.05, 0) is 38.9 Å². The average molecular weight is 226 g/mol. The normalized spacial score (nSPS) is 33.6. The van der Waals surface area contributed by atoms with Crippen molar-refractivity contribution in [2.75, 3.05) is 32.8 Å².